The van der Waals surface area contributed by atoms with Crippen molar-refractivity contribution < 1.29 is 4.79 Å². The quantitative estimate of drug-likeness (QED) is 0.615. The number of carbonyl (C=O) groups is 1. The summed E-state index contributed by atoms with van der Waals surface area (Å²) in [6.45, 7) is 2.10. The van der Waals surface area contributed by atoms with Crippen LogP contribution in [0.4, 0.5) is 10.8 Å². The normalized spacial score (nSPS) is 19.2. The summed E-state index contributed by atoms with van der Waals surface area (Å²) in [6, 6.07) is 18.2. The van der Waals surface area contributed by atoms with E-state index in [2.05, 4.69) is 28.4 Å². The summed E-state index contributed by atoms with van der Waals surface area (Å²) in [5.74, 6) is 0.0368. The van der Waals surface area contributed by atoms with Crippen molar-refractivity contribution in [3.63, 3.8) is 0 Å². The molecule has 1 saturated heterocycles. The first kappa shape index (κ1) is 17.8. The molecule has 2 aromatic carbocycles. The lowest BCUT2D eigenvalue weighted by atomic mass is 10.1. The number of anilines is 2. The molecule has 3 aromatic rings. The van der Waals surface area contributed by atoms with Crippen LogP contribution in [0.1, 0.15) is 29.4 Å². The van der Waals surface area contributed by atoms with Crippen molar-refractivity contribution in [2.75, 3.05) is 23.3 Å². The number of piperidine rings is 1. The Balaban J connectivity index is 1.57. The maximum absolute atomic E-state index is 13.0. The van der Waals surface area contributed by atoms with E-state index < -0.39 is 0 Å². The molecular formula is C22H21N3OS2. The van der Waals surface area contributed by atoms with Crippen molar-refractivity contribution in [1.29, 1.82) is 0 Å². The van der Waals surface area contributed by atoms with Crippen molar-refractivity contribution in [1.82, 2.24) is 4.98 Å². The molecule has 0 bridgehead atoms. The fourth-order valence-electron chi connectivity index (χ4n) is 3.75. The Labute approximate surface area is 173 Å². The second kappa shape index (κ2) is 7.60. The van der Waals surface area contributed by atoms with Crippen LogP contribution >= 0.6 is 23.1 Å². The van der Waals surface area contributed by atoms with E-state index in [1.807, 2.05) is 36.4 Å². The Bertz CT molecular complexity index is 996. The third kappa shape index (κ3) is 3.31. The third-order valence-corrected chi connectivity index (χ3v) is 7.81. The molecule has 2 aliphatic heterocycles. The number of benzene rings is 2. The van der Waals surface area contributed by atoms with E-state index in [4.69, 9.17) is 4.98 Å². The van der Waals surface area contributed by atoms with E-state index in [1.54, 1.807) is 23.1 Å². The summed E-state index contributed by atoms with van der Waals surface area (Å²) in [7, 11) is 0. The largest absolute Gasteiger partial charge is 0.348 e. The molecule has 0 aliphatic carbocycles. The number of aromatic nitrogens is 1. The Morgan fingerprint density at radius 2 is 1.71 bits per heavy atom. The van der Waals surface area contributed by atoms with Crippen LogP contribution in [0.2, 0.25) is 0 Å². The third-order valence-electron chi connectivity index (χ3n) is 5.18. The molecule has 1 fully saturated rings. The zero-order chi connectivity index (χ0) is 18.9. The SMILES string of the molecule is O=C1Nc2ccccc2SC1c1sc(N2CCCCC2)nc1-c1ccccc1. The van der Waals surface area contributed by atoms with Gasteiger partial charge in [0.15, 0.2) is 5.13 Å². The van der Waals surface area contributed by atoms with E-state index in [0.717, 1.165) is 44.9 Å². The second-order valence-corrected chi connectivity index (χ2v) is 9.26. The number of nitrogens with zero attached hydrogens (tertiary/aromatic N) is 2. The van der Waals surface area contributed by atoms with Crippen molar-refractivity contribution in [3.05, 3.63) is 59.5 Å². The minimum Gasteiger partial charge on any atom is -0.348 e. The van der Waals surface area contributed by atoms with Gasteiger partial charge < -0.3 is 10.2 Å². The van der Waals surface area contributed by atoms with E-state index in [-0.39, 0.29) is 11.2 Å². The van der Waals surface area contributed by atoms with Gasteiger partial charge >= 0.3 is 0 Å². The number of carbonyl (C=O) groups excluding carboxylic acids is 1. The molecule has 1 amide bonds. The number of amides is 1. The highest BCUT2D eigenvalue weighted by Gasteiger charge is 2.33. The summed E-state index contributed by atoms with van der Waals surface area (Å²) in [6.07, 6.45) is 3.71. The minimum atomic E-state index is -0.277. The Morgan fingerprint density at radius 3 is 2.54 bits per heavy atom. The molecule has 0 radical (unpaired) electrons. The molecule has 142 valence electrons. The van der Waals surface area contributed by atoms with Crippen LogP contribution in [0.3, 0.4) is 0 Å². The van der Waals surface area contributed by atoms with Gasteiger partial charge in [0.2, 0.25) is 5.91 Å². The summed E-state index contributed by atoms with van der Waals surface area (Å²) in [4.78, 5) is 22.5. The van der Waals surface area contributed by atoms with Gasteiger partial charge in [0, 0.05) is 23.5 Å². The number of nitrogens with one attached hydrogen (secondary N) is 1. The highest BCUT2D eigenvalue weighted by atomic mass is 32.2. The second-order valence-electron chi connectivity index (χ2n) is 7.11. The van der Waals surface area contributed by atoms with Gasteiger partial charge in [-0.1, -0.05) is 53.8 Å². The molecule has 1 aromatic heterocycles. The molecule has 0 spiro atoms. The van der Waals surface area contributed by atoms with E-state index in [9.17, 15) is 4.79 Å². The number of hydrogen-bond donors (Lipinski definition) is 1. The standard InChI is InChI=1S/C22H21N3OS2/c26-21-20(27-17-12-6-5-11-16(17)23-21)19-18(15-9-3-1-4-10-15)24-22(28-19)25-13-7-2-8-14-25/h1,3-6,9-12,20H,2,7-8,13-14H2,(H,23,26). The molecule has 2 aliphatic rings. The van der Waals surface area contributed by atoms with Crippen molar-refractivity contribution in [2.24, 2.45) is 0 Å². The molecule has 1 atom stereocenters. The molecule has 1 unspecified atom stereocenters. The maximum Gasteiger partial charge on any atom is 0.243 e. The number of fused-ring (bicyclic) bond motifs is 1. The van der Waals surface area contributed by atoms with E-state index in [1.165, 1.54) is 19.3 Å². The fraction of sp³-hybridized carbons (Fsp3) is 0.273. The first-order chi connectivity index (χ1) is 13.8. The Kier molecular flexibility index (Phi) is 4.82. The average molecular weight is 408 g/mol. The molecule has 28 heavy (non-hydrogen) atoms. The predicted octanol–water partition coefficient (Wildman–Crippen LogP) is 5.59. The van der Waals surface area contributed by atoms with Gasteiger partial charge in [-0.05, 0) is 31.4 Å². The maximum atomic E-state index is 13.0. The van der Waals surface area contributed by atoms with Crippen LogP contribution in [0, 0.1) is 0 Å². The number of para-hydroxylation sites is 1. The molecule has 5 rings (SSSR count). The van der Waals surface area contributed by atoms with Crippen molar-refractivity contribution in [3.8, 4) is 11.3 Å². The van der Waals surface area contributed by atoms with Crippen LogP contribution in [0.5, 0.6) is 0 Å². The first-order valence-electron chi connectivity index (χ1n) is 9.67. The minimum absolute atomic E-state index is 0.0368. The van der Waals surface area contributed by atoms with Crippen molar-refractivity contribution >= 4 is 39.8 Å². The lowest BCUT2D eigenvalue weighted by Crippen LogP contribution is -2.29. The van der Waals surface area contributed by atoms with E-state index >= 15 is 0 Å². The van der Waals surface area contributed by atoms with Crippen molar-refractivity contribution in [2.45, 2.75) is 29.4 Å². The van der Waals surface area contributed by atoms with Gasteiger partial charge in [-0.3, -0.25) is 4.79 Å². The van der Waals surface area contributed by atoms with Crippen LogP contribution in [0.15, 0.2) is 59.5 Å². The smallest absolute Gasteiger partial charge is 0.243 e. The van der Waals surface area contributed by atoms with Gasteiger partial charge in [-0.2, -0.15) is 0 Å². The average Bonchev–Trinajstić information content (AvgIpc) is 3.20. The Hall–Kier alpha value is -2.31. The number of rotatable bonds is 3. The molecule has 1 N–H and O–H groups in total. The van der Waals surface area contributed by atoms with Crippen LogP contribution in [0.25, 0.3) is 11.3 Å². The highest BCUT2D eigenvalue weighted by molar-refractivity contribution is 8.00. The summed E-state index contributed by atoms with van der Waals surface area (Å²) < 4.78 is 0. The number of hydrogen-bond acceptors (Lipinski definition) is 5. The van der Waals surface area contributed by atoms with Gasteiger partial charge in [-0.15, -0.1) is 11.8 Å². The number of thioether (sulfide) groups is 1. The molecular weight excluding hydrogens is 386 g/mol. The topological polar surface area (TPSA) is 45.2 Å². The van der Waals surface area contributed by atoms with Gasteiger partial charge in [0.05, 0.1) is 16.3 Å². The summed E-state index contributed by atoms with van der Waals surface area (Å²) in [5, 5.41) is 3.85. The Morgan fingerprint density at radius 1 is 0.964 bits per heavy atom. The zero-order valence-corrected chi connectivity index (χ0v) is 17.1. The number of thiazole rings is 1. The highest BCUT2D eigenvalue weighted by Crippen LogP contribution is 2.49. The van der Waals surface area contributed by atoms with Gasteiger partial charge in [0.25, 0.3) is 0 Å². The molecule has 6 heteroatoms. The molecule has 0 saturated carbocycles. The first-order valence-corrected chi connectivity index (χ1v) is 11.4. The monoisotopic (exact) mass is 407 g/mol. The van der Waals surface area contributed by atoms with Gasteiger partial charge in [-0.25, -0.2) is 4.98 Å². The predicted molar refractivity (Wildman–Crippen MR) is 117 cm³/mol. The van der Waals surface area contributed by atoms with Crippen LogP contribution in [-0.4, -0.2) is 24.0 Å². The zero-order valence-electron chi connectivity index (χ0n) is 15.4. The van der Waals surface area contributed by atoms with Crippen LogP contribution in [-0.2, 0) is 4.79 Å². The molecule has 4 nitrogen and oxygen atoms in total. The summed E-state index contributed by atoms with van der Waals surface area (Å²) in [5.41, 5.74) is 2.92. The van der Waals surface area contributed by atoms with E-state index in [0.29, 0.717) is 0 Å². The summed E-state index contributed by atoms with van der Waals surface area (Å²) >= 11 is 3.31. The fourth-order valence-corrected chi connectivity index (χ4v) is 6.20. The molecule has 3 heterocycles. The van der Waals surface area contributed by atoms with Crippen LogP contribution < -0.4 is 10.2 Å². The lowest BCUT2D eigenvalue weighted by molar-refractivity contribution is -0.115. The lowest BCUT2D eigenvalue weighted by Gasteiger charge is -2.26. The van der Waals surface area contributed by atoms with Gasteiger partial charge in [0.1, 0.15) is 5.25 Å².